The Morgan fingerprint density at radius 2 is 1.10 bits per heavy atom. The van der Waals surface area contributed by atoms with Crippen LogP contribution in [0.2, 0.25) is 0 Å². The molecule has 63 heavy (non-hydrogen) atoms. The van der Waals surface area contributed by atoms with Gasteiger partial charge in [-0.25, -0.2) is 0 Å². The third-order valence-corrected chi connectivity index (χ3v) is 18.3. The standard InChI is InChI=1S/C51H44O10P2/c52-29-37-14-11-13-36(28-35-12-1-6-19-45(35)58-33-40-32-57-40)50(37)59-31-38(53)30-56-39-26-24-34(25-27-39)51(62(54)48-22-9-4-17-43(48)41-15-2-7-20-46(41)60-62)63(55)49-23-10-5-18-44(49)42-16-3-8-21-47(42)61-63/h1-27,38,40,51-53H,28-33H2. The molecule has 7 aromatic carbocycles. The zero-order chi connectivity index (χ0) is 43.0. The van der Waals surface area contributed by atoms with Gasteiger partial charge in [0.25, 0.3) is 14.7 Å². The maximum absolute atomic E-state index is 16.1. The van der Waals surface area contributed by atoms with Gasteiger partial charge in [-0.2, -0.15) is 0 Å². The summed E-state index contributed by atoms with van der Waals surface area (Å²) < 4.78 is 69.1. The van der Waals surface area contributed by atoms with E-state index in [4.69, 9.17) is 28.0 Å². The fraction of sp³-hybridized carbons (Fsp3) is 0.176. The molecule has 3 heterocycles. The number of fused-ring (bicyclic) bond motifs is 6. The summed E-state index contributed by atoms with van der Waals surface area (Å²) in [7, 11) is -8.22. The normalized spacial score (nSPS) is 20.0. The van der Waals surface area contributed by atoms with Gasteiger partial charge in [-0.1, -0.05) is 121 Å². The average molecular weight is 879 g/mol. The summed E-state index contributed by atoms with van der Waals surface area (Å²) in [5.41, 5.74) is 5.93. The van der Waals surface area contributed by atoms with Crippen molar-refractivity contribution in [1.29, 1.82) is 0 Å². The van der Waals surface area contributed by atoms with E-state index in [1.54, 1.807) is 54.6 Å². The molecular weight excluding hydrogens is 834 g/mol. The minimum atomic E-state index is -4.11. The van der Waals surface area contributed by atoms with Gasteiger partial charge in [-0.05, 0) is 70.3 Å². The van der Waals surface area contributed by atoms with Crippen LogP contribution in [0.5, 0.6) is 28.7 Å². The molecule has 1 fully saturated rings. The topological polar surface area (TPSA) is 133 Å². The SMILES string of the molecule is O=P1(C(c2ccc(OCC(O)COc3c(CO)cccc3Cc3ccccc3OCC3CO3)cc2)P2(=O)Oc3ccccc3-c3ccccc32)Oc2ccccc2-c2ccccc21. The van der Waals surface area contributed by atoms with E-state index in [0.717, 1.165) is 39.1 Å². The second-order valence-electron chi connectivity index (χ2n) is 15.7. The molecule has 4 atom stereocenters. The van der Waals surface area contributed by atoms with Crippen molar-refractivity contribution in [2.45, 2.75) is 30.6 Å². The maximum atomic E-state index is 16.1. The van der Waals surface area contributed by atoms with Crippen LogP contribution in [0.4, 0.5) is 0 Å². The van der Waals surface area contributed by atoms with Gasteiger partial charge < -0.3 is 38.2 Å². The molecule has 3 aliphatic rings. The number of aliphatic hydroxyl groups is 2. The molecule has 2 N–H and O–H groups in total. The van der Waals surface area contributed by atoms with Crippen LogP contribution in [-0.2, 0) is 26.9 Å². The monoisotopic (exact) mass is 878 g/mol. The smallest absolute Gasteiger partial charge is 0.296 e. The van der Waals surface area contributed by atoms with E-state index in [-0.39, 0.29) is 25.9 Å². The Morgan fingerprint density at radius 1 is 0.571 bits per heavy atom. The van der Waals surface area contributed by atoms with Crippen molar-refractivity contribution in [3.63, 3.8) is 0 Å². The summed E-state index contributed by atoms with van der Waals surface area (Å²) in [4.78, 5) is 0. The zero-order valence-electron chi connectivity index (χ0n) is 34.1. The molecule has 0 aliphatic carbocycles. The second-order valence-corrected chi connectivity index (χ2v) is 20.9. The predicted octanol–water partition coefficient (Wildman–Crippen LogP) is 9.69. The van der Waals surface area contributed by atoms with Gasteiger partial charge in [-0.15, -0.1) is 0 Å². The number of benzene rings is 7. The third kappa shape index (κ3) is 7.95. The number of rotatable bonds is 15. The highest BCUT2D eigenvalue weighted by Crippen LogP contribution is 2.79. The van der Waals surface area contributed by atoms with Crippen molar-refractivity contribution in [2.24, 2.45) is 0 Å². The van der Waals surface area contributed by atoms with Crippen LogP contribution in [0.15, 0.2) is 164 Å². The Kier molecular flexibility index (Phi) is 11.2. The molecule has 0 radical (unpaired) electrons. The van der Waals surface area contributed by atoms with Gasteiger partial charge in [0, 0.05) is 23.1 Å². The molecular formula is C51H44O10P2. The Balaban J connectivity index is 0.917. The quantitative estimate of drug-likeness (QED) is 0.0758. The molecule has 7 aromatic rings. The summed E-state index contributed by atoms with van der Waals surface area (Å²) in [5.74, 6) is 2.53. The van der Waals surface area contributed by atoms with Crippen molar-refractivity contribution >= 4 is 25.3 Å². The lowest BCUT2D eigenvalue weighted by atomic mass is 10.0. The predicted molar refractivity (Wildman–Crippen MR) is 243 cm³/mol. The first kappa shape index (κ1) is 40.9. The zero-order valence-corrected chi connectivity index (χ0v) is 35.9. The van der Waals surface area contributed by atoms with E-state index in [1.165, 1.54) is 0 Å². The molecule has 1 saturated heterocycles. The Labute approximate surface area is 365 Å². The first-order chi connectivity index (χ1) is 30.8. The summed E-state index contributed by atoms with van der Waals surface area (Å²) in [6.45, 7) is 0.710. The molecule has 0 amide bonds. The van der Waals surface area contributed by atoms with Crippen LogP contribution < -0.4 is 33.9 Å². The highest BCUT2D eigenvalue weighted by Gasteiger charge is 2.57. The summed E-state index contributed by atoms with van der Waals surface area (Å²) in [6, 6.07) is 50.0. The van der Waals surface area contributed by atoms with Gasteiger partial charge in [0.05, 0.1) is 23.8 Å². The molecule has 0 spiro atoms. The Hall–Kier alpha value is -6.12. The summed E-state index contributed by atoms with van der Waals surface area (Å²) in [5, 5.41) is 21.0. The Bertz CT molecular complexity index is 2780. The molecule has 4 unspecified atom stereocenters. The maximum Gasteiger partial charge on any atom is 0.296 e. The van der Waals surface area contributed by atoms with E-state index in [0.29, 0.717) is 64.4 Å². The van der Waals surface area contributed by atoms with Crippen molar-refractivity contribution in [3.05, 3.63) is 186 Å². The number of hydrogen-bond donors (Lipinski definition) is 2. The van der Waals surface area contributed by atoms with Gasteiger partial charge in [0.15, 0.2) is 5.40 Å². The molecule has 0 saturated carbocycles. The number of aliphatic hydroxyl groups excluding tert-OH is 2. The lowest BCUT2D eigenvalue weighted by molar-refractivity contribution is 0.0615. The van der Waals surface area contributed by atoms with Gasteiger partial charge in [0.2, 0.25) is 0 Å². The van der Waals surface area contributed by atoms with E-state index in [1.807, 2.05) is 109 Å². The van der Waals surface area contributed by atoms with E-state index >= 15 is 9.13 Å². The molecule has 0 bridgehead atoms. The minimum absolute atomic E-state index is 0.107. The highest BCUT2D eigenvalue weighted by molar-refractivity contribution is 7.84. The molecule has 318 valence electrons. The van der Waals surface area contributed by atoms with Gasteiger partial charge in [0.1, 0.15) is 60.8 Å². The van der Waals surface area contributed by atoms with Crippen molar-refractivity contribution < 1.29 is 47.3 Å². The van der Waals surface area contributed by atoms with Crippen molar-refractivity contribution in [3.8, 4) is 51.0 Å². The number of para-hydroxylation sites is 4. The van der Waals surface area contributed by atoms with Crippen molar-refractivity contribution in [1.82, 2.24) is 0 Å². The largest absolute Gasteiger partial charge is 0.491 e. The average Bonchev–Trinajstić information content (AvgIpc) is 4.16. The van der Waals surface area contributed by atoms with Crippen LogP contribution in [0.3, 0.4) is 0 Å². The lowest BCUT2D eigenvalue weighted by Crippen LogP contribution is -2.28. The molecule has 0 aromatic heterocycles. The fourth-order valence-electron chi connectivity index (χ4n) is 8.42. The molecule has 12 heteroatoms. The summed E-state index contributed by atoms with van der Waals surface area (Å²) in [6.07, 6.45) is -0.444. The summed E-state index contributed by atoms with van der Waals surface area (Å²) >= 11 is 0. The third-order valence-electron chi connectivity index (χ3n) is 11.5. The van der Waals surface area contributed by atoms with Crippen LogP contribution >= 0.6 is 14.7 Å². The van der Waals surface area contributed by atoms with E-state index < -0.39 is 26.2 Å². The number of hydrogen-bond acceptors (Lipinski definition) is 10. The number of epoxide rings is 1. The first-order valence-electron chi connectivity index (χ1n) is 20.9. The fourth-order valence-corrected chi connectivity index (χ4v) is 15.7. The minimum Gasteiger partial charge on any atom is -0.491 e. The van der Waals surface area contributed by atoms with E-state index in [2.05, 4.69) is 0 Å². The van der Waals surface area contributed by atoms with Crippen LogP contribution in [-0.4, -0.2) is 48.8 Å². The molecule has 10 rings (SSSR count). The number of ether oxygens (including phenoxy) is 4. The van der Waals surface area contributed by atoms with Gasteiger partial charge >= 0.3 is 0 Å². The van der Waals surface area contributed by atoms with Gasteiger partial charge in [-0.3, -0.25) is 9.13 Å². The van der Waals surface area contributed by atoms with E-state index in [9.17, 15) is 10.2 Å². The van der Waals surface area contributed by atoms with Crippen molar-refractivity contribution in [2.75, 3.05) is 26.4 Å². The van der Waals surface area contributed by atoms with Crippen LogP contribution in [0.25, 0.3) is 22.3 Å². The first-order valence-corrected chi connectivity index (χ1v) is 24.3. The second kappa shape index (κ2) is 17.2. The van der Waals surface area contributed by atoms with Crippen LogP contribution in [0.1, 0.15) is 27.7 Å². The molecule has 10 nitrogen and oxygen atoms in total. The van der Waals surface area contributed by atoms with Crippen LogP contribution in [0, 0.1) is 0 Å². The molecule has 3 aliphatic heterocycles. The Morgan fingerprint density at radius 3 is 1.71 bits per heavy atom. The highest BCUT2D eigenvalue weighted by atomic mass is 31.2. The lowest BCUT2D eigenvalue weighted by Gasteiger charge is -2.39.